The van der Waals surface area contributed by atoms with E-state index in [-0.39, 0.29) is 18.5 Å². The van der Waals surface area contributed by atoms with Crippen molar-refractivity contribution in [1.29, 1.82) is 0 Å². The molecule has 0 spiro atoms. The summed E-state index contributed by atoms with van der Waals surface area (Å²) in [5, 5.41) is 7.64. The molecule has 1 aromatic carbocycles. The first-order valence-electron chi connectivity index (χ1n) is 6.10. The Balaban J connectivity index is 0.000000444. The van der Waals surface area contributed by atoms with E-state index in [9.17, 15) is 4.79 Å². The van der Waals surface area contributed by atoms with Gasteiger partial charge in [-0.1, -0.05) is 30.3 Å². The lowest BCUT2D eigenvalue weighted by atomic mass is 10.1. The van der Waals surface area contributed by atoms with E-state index in [1.54, 1.807) is 0 Å². The van der Waals surface area contributed by atoms with Gasteiger partial charge in [-0.05, 0) is 12.0 Å². The van der Waals surface area contributed by atoms with E-state index in [0.717, 1.165) is 5.56 Å². The molecule has 108 valence electrons. The van der Waals surface area contributed by atoms with Crippen LogP contribution >= 0.6 is 0 Å². The topological polar surface area (TPSA) is 134 Å². The Labute approximate surface area is 117 Å². The minimum Gasteiger partial charge on any atom is -0.422 e. The molecule has 0 aliphatic rings. The van der Waals surface area contributed by atoms with E-state index in [4.69, 9.17) is 15.9 Å². The van der Waals surface area contributed by atoms with Crippen molar-refractivity contribution in [1.82, 2.24) is 10.2 Å². The summed E-state index contributed by atoms with van der Waals surface area (Å²) >= 11 is 0. The number of carbonyl (C=O) groups is 1. The van der Waals surface area contributed by atoms with Gasteiger partial charge in [0.15, 0.2) is 0 Å². The summed E-state index contributed by atoms with van der Waals surface area (Å²) in [5.41, 5.74) is 17.0. The molecule has 7 nitrogen and oxygen atoms in total. The highest BCUT2D eigenvalue weighted by atomic mass is 16.4. The first-order chi connectivity index (χ1) is 9.52. The molecule has 0 aliphatic carbocycles. The largest absolute Gasteiger partial charge is 0.422 e. The van der Waals surface area contributed by atoms with Gasteiger partial charge in [0.25, 0.3) is 0 Å². The Kier molecular flexibility index (Phi) is 6.34. The van der Waals surface area contributed by atoms with Crippen molar-refractivity contribution in [3.8, 4) is 0 Å². The zero-order chi connectivity index (χ0) is 15.0. The van der Waals surface area contributed by atoms with Crippen LogP contribution in [0.1, 0.15) is 30.3 Å². The Morgan fingerprint density at radius 1 is 1.30 bits per heavy atom. The van der Waals surface area contributed by atoms with E-state index in [2.05, 4.69) is 15.9 Å². The van der Waals surface area contributed by atoms with Crippen molar-refractivity contribution in [2.24, 2.45) is 17.2 Å². The lowest BCUT2D eigenvalue weighted by Gasteiger charge is -2.06. The number of hydrogen-bond donors (Lipinski definition) is 3. The van der Waals surface area contributed by atoms with Crippen molar-refractivity contribution >= 4 is 5.91 Å². The molecule has 1 amide bonds. The van der Waals surface area contributed by atoms with Crippen LogP contribution in [0.5, 0.6) is 0 Å². The molecule has 0 bridgehead atoms. The molecule has 7 heteroatoms. The Morgan fingerprint density at radius 2 is 1.90 bits per heavy atom. The van der Waals surface area contributed by atoms with Crippen LogP contribution in [0.2, 0.25) is 0 Å². The number of aromatic nitrogens is 2. The summed E-state index contributed by atoms with van der Waals surface area (Å²) in [6.45, 7) is 1.55. The average molecular weight is 277 g/mol. The van der Waals surface area contributed by atoms with Crippen molar-refractivity contribution in [2.75, 3.05) is 0 Å². The molecule has 20 heavy (non-hydrogen) atoms. The number of nitrogens with two attached hydrogens (primary N) is 3. The summed E-state index contributed by atoms with van der Waals surface area (Å²) in [6, 6.07) is 9.66. The minimum atomic E-state index is -0.333. The third-order valence-corrected chi connectivity index (χ3v) is 2.27. The summed E-state index contributed by atoms with van der Waals surface area (Å²) in [6.07, 6.45) is 0.674. The summed E-state index contributed by atoms with van der Waals surface area (Å²) in [7, 11) is 0. The second-order valence-corrected chi connectivity index (χ2v) is 4.15. The predicted molar refractivity (Wildman–Crippen MR) is 74.1 cm³/mol. The van der Waals surface area contributed by atoms with E-state index >= 15 is 0 Å². The molecule has 0 saturated carbocycles. The van der Waals surface area contributed by atoms with Crippen molar-refractivity contribution in [3.05, 3.63) is 47.7 Å². The maximum absolute atomic E-state index is 9.22. The molecule has 0 fully saturated rings. The third-order valence-electron chi connectivity index (χ3n) is 2.27. The fourth-order valence-corrected chi connectivity index (χ4v) is 1.45. The quantitative estimate of drug-likeness (QED) is 0.734. The zero-order valence-corrected chi connectivity index (χ0v) is 11.3. The molecular weight excluding hydrogens is 258 g/mol. The summed E-state index contributed by atoms with van der Waals surface area (Å²) in [4.78, 5) is 9.22. The Morgan fingerprint density at radius 3 is 2.40 bits per heavy atom. The molecule has 1 heterocycles. The molecule has 1 unspecified atom stereocenters. The smallest absolute Gasteiger partial charge is 0.233 e. The van der Waals surface area contributed by atoms with Gasteiger partial charge in [-0.25, -0.2) is 0 Å². The molecular formula is C13H19N5O2. The van der Waals surface area contributed by atoms with Gasteiger partial charge in [-0.3, -0.25) is 4.79 Å². The lowest BCUT2D eigenvalue weighted by Crippen LogP contribution is -2.13. The fraction of sp³-hybridized carbons (Fsp3) is 0.308. The molecule has 2 aromatic rings. The van der Waals surface area contributed by atoms with Crippen molar-refractivity contribution in [2.45, 2.75) is 25.9 Å². The standard InChI is InChI=1S/C11H14N4O.C2H5NO/c12-7-10-14-15-11(16-10)9(13)6-8-4-2-1-3-5-8;1-2(3)4/h1-5,9H,6-7,12-13H2;1H3,(H2,3,4). The maximum atomic E-state index is 9.22. The summed E-state index contributed by atoms with van der Waals surface area (Å²) < 4.78 is 5.29. The normalized spacial score (nSPS) is 11.3. The lowest BCUT2D eigenvalue weighted by molar-refractivity contribution is -0.115. The first kappa shape index (κ1) is 15.8. The van der Waals surface area contributed by atoms with Gasteiger partial charge in [0.05, 0.1) is 12.6 Å². The number of primary amides is 1. The van der Waals surface area contributed by atoms with Crippen LogP contribution < -0.4 is 17.2 Å². The van der Waals surface area contributed by atoms with Crippen LogP contribution in [0.4, 0.5) is 0 Å². The Hall–Kier alpha value is -2.25. The van der Waals surface area contributed by atoms with E-state index < -0.39 is 0 Å². The molecule has 1 aromatic heterocycles. The number of hydrogen-bond acceptors (Lipinski definition) is 6. The SMILES string of the molecule is CC(N)=O.NCc1nnc(C(N)Cc2ccccc2)o1. The second kappa shape index (κ2) is 8.03. The molecule has 0 aliphatic heterocycles. The number of amides is 1. The van der Waals surface area contributed by atoms with Crippen LogP contribution in [-0.2, 0) is 17.8 Å². The number of nitrogens with zero attached hydrogens (tertiary/aromatic N) is 2. The summed E-state index contributed by atoms with van der Waals surface area (Å²) in [5.74, 6) is 0.516. The molecule has 1 atom stereocenters. The highest BCUT2D eigenvalue weighted by Crippen LogP contribution is 2.14. The Bertz CT molecular complexity index is 523. The van der Waals surface area contributed by atoms with Crippen LogP contribution in [0.15, 0.2) is 34.7 Å². The van der Waals surface area contributed by atoms with Gasteiger partial charge in [0, 0.05) is 6.92 Å². The monoisotopic (exact) mass is 277 g/mol. The number of carbonyl (C=O) groups excluding carboxylic acids is 1. The van der Waals surface area contributed by atoms with Gasteiger partial charge < -0.3 is 21.6 Å². The zero-order valence-electron chi connectivity index (χ0n) is 11.3. The second-order valence-electron chi connectivity index (χ2n) is 4.15. The average Bonchev–Trinajstić information content (AvgIpc) is 2.88. The van der Waals surface area contributed by atoms with Gasteiger partial charge in [-0.15, -0.1) is 10.2 Å². The van der Waals surface area contributed by atoms with Crippen molar-refractivity contribution in [3.63, 3.8) is 0 Å². The van der Waals surface area contributed by atoms with Gasteiger partial charge >= 0.3 is 0 Å². The van der Waals surface area contributed by atoms with Gasteiger partial charge in [0.2, 0.25) is 17.7 Å². The number of benzene rings is 1. The van der Waals surface area contributed by atoms with Crippen LogP contribution in [0.3, 0.4) is 0 Å². The van der Waals surface area contributed by atoms with E-state index in [1.807, 2.05) is 30.3 Å². The molecule has 2 rings (SSSR count). The van der Waals surface area contributed by atoms with E-state index in [1.165, 1.54) is 6.92 Å². The highest BCUT2D eigenvalue weighted by Gasteiger charge is 2.14. The minimum absolute atomic E-state index is 0.241. The molecule has 6 N–H and O–H groups in total. The predicted octanol–water partition coefficient (Wildman–Crippen LogP) is 0.262. The number of rotatable bonds is 4. The van der Waals surface area contributed by atoms with Crippen LogP contribution in [-0.4, -0.2) is 16.1 Å². The molecule has 0 saturated heterocycles. The van der Waals surface area contributed by atoms with Crippen LogP contribution in [0, 0.1) is 0 Å². The van der Waals surface area contributed by atoms with E-state index in [0.29, 0.717) is 18.2 Å². The maximum Gasteiger partial charge on any atom is 0.233 e. The van der Waals surface area contributed by atoms with Gasteiger partial charge in [-0.2, -0.15) is 0 Å². The molecule has 0 radical (unpaired) electrons. The van der Waals surface area contributed by atoms with Crippen molar-refractivity contribution < 1.29 is 9.21 Å². The third kappa shape index (κ3) is 5.59. The fourth-order valence-electron chi connectivity index (χ4n) is 1.45. The highest BCUT2D eigenvalue weighted by molar-refractivity contribution is 5.70. The van der Waals surface area contributed by atoms with Gasteiger partial charge in [0.1, 0.15) is 0 Å². The first-order valence-corrected chi connectivity index (χ1v) is 6.10. The van der Waals surface area contributed by atoms with Crippen LogP contribution in [0.25, 0.3) is 0 Å².